The van der Waals surface area contributed by atoms with E-state index in [1.54, 1.807) is 12.1 Å². The molecule has 0 aliphatic carbocycles. The van der Waals surface area contributed by atoms with Crippen LogP contribution in [0.1, 0.15) is 11.1 Å². The Morgan fingerprint density at radius 3 is 2.07 bits per heavy atom. The Morgan fingerprint density at radius 2 is 1.79 bits per heavy atom. The molecule has 0 aromatic heterocycles. The zero-order chi connectivity index (χ0) is 10.3. The molecule has 6 heteroatoms. The Morgan fingerprint density at radius 1 is 1.29 bits per heavy atom. The molecular weight excluding hydrogens is 217 g/mol. The third-order valence-electron chi connectivity index (χ3n) is 1.06. The van der Waals surface area contributed by atoms with Gasteiger partial charge in [0.25, 0.3) is 0 Å². The Labute approximate surface area is 124 Å². The first-order chi connectivity index (χ1) is 6.06. The van der Waals surface area contributed by atoms with Crippen molar-refractivity contribution < 1.29 is 64.3 Å². The topological polar surface area (TPSA) is 23.8 Å². The van der Waals surface area contributed by atoms with Crippen LogP contribution in [0.5, 0.6) is 0 Å². The third kappa shape index (κ3) is 10.2. The van der Waals surface area contributed by atoms with Crippen molar-refractivity contribution in [3.63, 3.8) is 0 Å². The van der Waals surface area contributed by atoms with Crippen LogP contribution in [0.2, 0.25) is 0 Å². The Hall–Kier alpha value is 0.0713. The van der Waals surface area contributed by atoms with E-state index < -0.39 is 7.54 Å². The van der Waals surface area contributed by atoms with E-state index in [0.29, 0.717) is 5.56 Å². The maximum Gasteiger partial charge on any atom is 1.00 e. The zero-order valence-corrected chi connectivity index (χ0v) is 10.8. The van der Waals surface area contributed by atoms with Crippen LogP contribution in [-0.4, -0.2) is 7.54 Å². The Kier molecular flexibility index (Phi) is 11.3. The van der Waals surface area contributed by atoms with Crippen LogP contribution in [-0.2, 0) is 0 Å². The summed E-state index contributed by atoms with van der Waals surface area (Å²) >= 11 is 0. The maximum atomic E-state index is 9.67. The molecule has 0 bridgehead atoms. The molecule has 1 nitrogen and oxygen atoms in total. The van der Waals surface area contributed by atoms with Gasteiger partial charge >= 0.3 is 58.9 Å². The van der Waals surface area contributed by atoms with Crippen LogP contribution >= 0.6 is 0 Å². The van der Waals surface area contributed by atoms with E-state index in [1.807, 2.05) is 18.2 Å². The molecule has 1 aromatic rings. The van der Waals surface area contributed by atoms with Gasteiger partial charge in [0.05, 0.1) is 6.07 Å². The normalized spacial score (nSPS) is 7.29. The zero-order valence-electron chi connectivity index (χ0n) is 7.67. The first-order valence-electron chi connectivity index (χ1n) is 3.30. The van der Waals surface area contributed by atoms with Gasteiger partial charge in [-0.25, -0.2) is 0 Å². The molecule has 0 aliphatic rings. The van der Waals surface area contributed by atoms with Gasteiger partial charge in [0.1, 0.15) is 0 Å². The van der Waals surface area contributed by atoms with Crippen LogP contribution in [0.4, 0.5) is 12.9 Å². The molecule has 0 saturated heterocycles. The molecule has 0 radical (unpaired) electrons. The summed E-state index contributed by atoms with van der Waals surface area (Å²) in [7, 11) is -3.67. The predicted molar refractivity (Wildman–Crippen MR) is 44.7 cm³/mol. The number of benzene rings is 1. The molecule has 0 heterocycles. The Balaban J connectivity index is 0. The van der Waals surface area contributed by atoms with Crippen LogP contribution < -0.4 is 51.4 Å². The number of nitriles is 1. The summed E-state index contributed by atoms with van der Waals surface area (Å²) in [6.45, 7) is 3.68. The number of rotatable bonds is 0. The molecule has 0 spiro atoms. The van der Waals surface area contributed by atoms with Crippen LogP contribution in [0.25, 0.3) is 0 Å². The summed E-state index contributed by atoms with van der Waals surface area (Å²) in [5, 5.41) is 8.38. The fourth-order valence-corrected chi connectivity index (χ4v) is 0.641. The molecule has 0 aliphatic heterocycles. The summed E-state index contributed by atoms with van der Waals surface area (Å²) in [4.78, 5) is 0. The van der Waals surface area contributed by atoms with E-state index in [9.17, 15) is 12.9 Å². The van der Waals surface area contributed by atoms with Crippen molar-refractivity contribution in [2.24, 2.45) is 0 Å². The molecule has 0 amide bonds. The molecular formula is C8H6BF3KN. The molecule has 0 unspecified atom stereocenters. The monoisotopic (exact) mass is 223 g/mol. The second-order valence-corrected chi connectivity index (χ2v) is 2.06. The van der Waals surface area contributed by atoms with Crippen LogP contribution in [0.3, 0.4) is 0 Å². The van der Waals surface area contributed by atoms with Gasteiger partial charge in [-0.05, 0) is 5.56 Å². The van der Waals surface area contributed by atoms with Crippen LogP contribution in [0.15, 0.2) is 24.3 Å². The Bertz CT molecular complexity index is 298. The van der Waals surface area contributed by atoms with Gasteiger partial charge in [-0.1, -0.05) is 6.07 Å². The smallest absolute Gasteiger partial charge is 0.254 e. The first-order valence-corrected chi connectivity index (χ1v) is 3.30. The number of halogens is 3. The van der Waals surface area contributed by atoms with Gasteiger partial charge < -0.3 is 0 Å². The molecule has 0 atom stereocenters. The predicted octanol–water partition coefficient (Wildman–Crippen LogP) is -0.376. The minimum atomic E-state index is -3.67. The second-order valence-electron chi connectivity index (χ2n) is 2.06. The summed E-state index contributed by atoms with van der Waals surface area (Å²) in [6, 6.07) is 9.22. The van der Waals surface area contributed by atoms with Gasteiger partial charge in [-0.2, -0.15) is 23.8 Å². The van der Waals surface area contributed by atoms with Crippen molar-refractivity contribution in [1.82, 2.24) is 0 Å². The van der Waals surface area contributed by atoms with Crippen molar-refractivity contribution in [2.75, 3.05) is 0 Å². The summed E-state index contributed by atoms with van der Waals surface area (Å²) in [5.41, 5.74) is 1.55. The van der Waals surface area contributed by atoms with Gasteiger partial charge in [0.15, 0.2) is 0 Å². The third-order valence-corrected chi connectivity index (χ3v) is 1.06. The van der Waals surface area contributed by atoms with Crippen molar-refractivity contribution in [3.8, 4) is 6.07 Å². The molecule has 0 N–H and O–H groups in total. The largest absolute Gasteiger partial charge is 1.00 e. The van der Waals surface area contributed by atoms with E-state index in [4.69, 9.17) is 5.26 Å². The minimum absolute atomic E-state index is 0. The maximum absolute atomic E-state index is 9.67. The van der Waals surface area contributed by atoms with Crippen molar-refractivity contribution in [3.05, 3.63) is 42.3 Å². The SMILES string of the molecule is FB(F)F.[CH2-]c1cccc(C#N)c1.[K+]. The van der Waals surface area contributed by atoms with E-state index >= 15 is 0 Å². The molecule has 0 saturated carbocycles. The fourth-order valence-electron chi connectivity index (χ4n) is 0.641. The average Bonchev–Trinajstić information content (AvgIpc) is 2.03. The summed E-state index contributed by atoms with van der Waals surface area (Å²) in [5.74, 6) is 0. The molecule has 68 valence electrons. The van der Waals surface area contributed by atoms with Gasteiger partial charge in [-0.15, -0.1) is 12.1 Å². The van der Waals surface area contributed by atoms with E-state index in [2.05, 4.69) is 6.92 Å². The molecule has 1 aromatic carbocycles. The quantitative estimate of drug-likeness (QED) is 0.434. The minimum Gasteiger partial charge on any atom is -0.254 e. The van der Waals surface area contributed by atoms with Gasteiger partial charge in [0, 0.05) is 0 Å². The molecule has 14 heavy (non-hydrogen) atoms. The molecule has 1 rings (SSSR count). The summed E-state index contributed by atoms with van der Waals surface area (Å²) < 4.78 is 29.0. The van der Waals surface area contributed by atoms with E-state index in [-0.39, 0.29) is 51.4 Å². The first kappa shape index (κ1) is 16.5. The van der Waals surface area contributed by atoms with E-state index in [1.165, 1.54) is 0 Å². The van der Waals surface area contributed by atoms with Crippen LogP contribution in [0, 0.1) is 18.3 Å². The number of nitrogens with zero attached hydrogens (tertiary/aromatic N) is 1. The second kappa shape index (κ2) is 9.62. The fraction of sp³-hybridized carbons (Fsp3) is 0. The standard InChI is InChI=1S/C8H6N.BF3.K/c1-7-3-2-4-8(5-7)6-9;2-1(3)4;/h2-5H,1H2;;/q-1;;+1. The number of hydrogen-bond donors (Lipinski definition) is 0. The van der Waals surface area contributed by atoms with Gasteiger partial charge in [-0.3, -0.25) is 12.9 Å². The number of hydrogen-bond acceptors (Lipinski definition) is 1. The van der Waals surface area contributed by atoms with Crippen molar-refractivity contribution in [1.29, 1.82) is 5.26 Å². The summed E-state index contributed by atoms with van der Waals surface area (Å²) in [6.07, 6.45) is 0. The molecule has 0 fully saturated rings. The van der Waals surface area contributed by atoms with Crippen molar-refractivity contribution in [2.45, 2.75) is 0 Å². The average molecular weight is 223 g/mol. The van der Waals surface area contributed by atoms with Gasteiger partial charge in [0.2, 0.25) is 0 Å². The van der Waals surface area contributed by atoms with E-state index in [0.717, 1.165) is 5.56 Å². The van der Waals surface area contributed by atoms with Crippen molar-refractivity contribution >= 4 is 7.54 Å².